The lowest BCUT2D eigenvalue weighted by atomic mass is 10.0. The molecule has 2 aromatic heterocycles. The normalized spacial score (nSPS) is 15.0. The predicted octanol–water partition coefficient (Wildman–Crippen LogP) is 4.13. The fraction of sp³-hybridized carbons (Fsp3) is 0.391. The number of benzene rings is 1. The van der Waals surface area contributed by atoms with Crippen molar-refractivity contribution in [3.63, 3.8) is 0 Å². The SMILES string of the molecule is CCCCn1cc(-c2ccc(OC3CCNCC3)c(F)c2)c2ccncc2c1=O. The largest absolute Gasteiger partial charge is 0.487 e. The second kappa shape index (κ2) is 8.74. The maximum atomic E-state index is 14.9. The molecule has 1 N–H and O–H groups in total. The third kappa shape index (κ3) is 4.17. The molecule has 1 saturated heterocycles. The molecule has 0 spiro atoms. The Morgan fingerprint density at radius 1 is 1.24 bits per heavy atom. The molecule has 29 heavy (non-hydrogen) atoms. The van der Waals surface area contributed by atoms with E-state index < -0.39 is 0 Å². The highest BCUT2D eigenvalue weighted by atomic mass is 19.1. The quantitative estimate of drug-likeness (QED) is 0.682. The number of aryl methyl sites for hydroxylation is 1. The summed E-state index contributed by atoms with van der Waals surface area (Å²) in [4.78, 5) is 16.9. The molecule has 6 heteroatoms. The third-order valence-electron chi connectivity index (χ3n) is 5.46. The van der Waals surface area contributed by atoms with Gasteiger partial charge in [0.25, 0.3) is 5.56 Å². The Kier molecular flexibility index (Phi) is 5.90. The molecule has 1 aromatic carbocycles. The van der Waals surface area contributed by atoms with Crippen molar-refractivity contribution in [2.45, 2.75) is 45.3 Å². The van der Waals surface area contributed by atoms with Crippen LogP contribution in [0.4, 0.5) is 4.39 Å². The lowest BCUT2D eigenvalue weighted by molar-refractivity contribution is 0.156. The van der Waals surface area contributed by atoms with Gasteiger partial charge in [0.1, 0.15) is 6.10 Å². The Hall–Kier alpha value is -2.73. The summed E-state index contributed by atoms with van der Waals surface area (Å²) in [5.41, 5.74) is 1.49. The van der Waals surface area contributed by atoms with E-state index in [1.54, 1.807) is 23.0 Å². The first kappa shape index (κ1) is 19.6. The van der Waals surface area contributed by atoms with Gasteiger partial charge in [-0.2, -0.15) is 0 Å². The zero-order chi connectivity index (χ0) is 20.2. The van der Waals surface area contributed by atoms with Gasteiger partial charge in [-0.15, -0.1) is 0 Å². The van der Waals surface area contributed by atoms with Crippen molar-refractivity contribution in [1.29, 1.82) is 0 Å². The summed E-state index contributed by atoms with van der Waals surface area (Å²) in [5.74, 6) is -0.0968. The summed E-state index contributed by atoms with van der Waals surface area (Å²) < 4.78 is 22.4. The van der Waals surface area contributed by atoms with Gasteiger partial charge in [-0.3, -0.25) is 9.78 Å². The third-order valence-corrected chi connectivity index (χ3v) is 5.46. The average Bonchev–Trinajstić information content (AvgIpc) is 2.76. The molecule has 0 unspecified atom stereocenters. The molecule has 0 amide bonds. The summed E-state index contributed by atoms with van der Waals surface area (Å²) in [6.07, 6.45) is 8.78. The van der Waals surface area contributed by atoms with Gasteiger partial charge < -0.3 is 14.6 Å². The number of fused-ring (bicyclic) bond motifs is 1. The molecule has 1 aliphatic rings. The molecule has 0 atom stereocenters. The molecule has 3 heterocycles. The molecule has 0 bridgehead atoms. The lowest BCUT2D eigenvalue weighted by Gasteiger charge is -2.24. The summed E-state index contributed by atoms with van der Waals surface area (Å²) in [7, 11) is 0. The monoisotopic (exact) mass is 395 g/mol. The van der Waals surface area contributed by atoms with E-state index in [1.165, 1.54) is 6.07 Å². The topological polar surface area (TPSA) is 56.1 Å². The molecule has 0 radical (unpaired) electrons. The highest BCUT2D eigenvalue weighted by molar-refractivity contribution is 5.95. The summed E-state index contributed by atoms with van der Waals surface area (Å²) in [6.45, 7) is 4.50. The highest BCUT2D eigenvalue weighted by Crippen LogP contribution is 2.31. The molecule has 1 fully saturated rings. The van der Waals surface area contributed by atoms with Gasteiger partial charge in [0, 0.05) is 30.7 Å². The average molecular weight is 395 g/mol. The molecule has 152 valence electrons. The van der Waals surface area contributed by atoms with Crippen LogP contribution in [0.15, 0.2) is 47.7 Å². The molecular formula is C23H26FN3O2. The van der Waals surface area contributed by atoms with Gasteiger partial charge in [0.2, 0.25) is 0 Å². The molecule has 5 nitrogen and oxygen atoms in total. The number of aromatic nitrogens is 2. The molecule has 0 saturated carbocycles. The number of halogens is 1. The standard InChI is InChI=1S/C23H26FN3O2/c1-2-3-12-27-15-20(18-8-11-26-14-19(18)23(27)28)16-4-5-22(21(24)13-16)29-17-6-9-25-10-7-17/h4-5,8,11,13-15,17,25H,2-3,6-7,9-10,12H2,1H3. The number of piperidine rings is 1. The Morgan fingerprint density at radius 2 is 2.07 bits per heavy atom. The zero-order valence-electron chi connectivity index (χ0n) is 16.7. The first-order valence-corrected chi connectivity index (χ1v) is 10.3. The van der Waals surface area contributed by atoms with E-state index in [-0.39, 0.29) is 23.2 Å². The Bertz CT molecular complexity index is 1060. The van der Waals surface area contributed by atoms with Crippen LogP contribution in [-0.2, 0) is 6.54 Å². The molecule has 3 aromatic rings. The first-order chi connectivity index (χ1) is 14.2. The molecular weight excluding hydrogens is 369 g/mol. The Morgan fingerprint density at radius 3 is 2.83 bits per heavy atom. The van der Waals surface area contributed by atoms with Gasteiger partial charge in [0.15, 0.2) is 11.6 Å². The van der Waals surface area contributed by atoms with Crippen LogP contribution in [0.3, 0.4) is 0 Å². The Balaban J connectivity index is 1.72. The van der Waals surface area contributed by atoms with Crippen molar-refractivity contribution in [1.82, 2.24) is 14.9 Å². The van der Waals surface area contributed by atoms with Crippen LogP contribution in [0, 0.1) is 5.82 Å². The molecule has 4 rings (SSSR count). The predicted molar refractivity (Wildman–Crippen MR) is 113 cm³/mol. The molecule has 0 aliphatic carbocycles. The number of hydrogen-bond donors (Lipinski definition) is 1. The van der Waals surface area contributed by atoms with Crippen LogP contribution in [0.5, 0.6) is 5.75 Å². The smallest absolute Gasteiger partial charge is 0.260 e. The minimum absolute atomic E-state index is 0.0412. The van der Waals surface area contributed by atoms with Gasteiger partial charge in [-0.1, -0.05) is 19.4 Å². The van der Waals surface area contributed by atoms with Gasteiger partial charge >= 0.3 is 0 Å². The number of ether oxygens (including phenoxy) is 1. The van der Waals surface area contributed by atoms with Crippen molar-refractivity contribution in [3.05, 3.63) is 59.0 Å². The number of nitrogens with one attached hydrogen (secondary N) is 1. The minimum atomic E-state index is -0.380. The van der Waals surface area contributed by atoms with Gasteiger partial charge in [0.05, 0.1) is 5.39 Å². The highest BCUT2D eigenvalue weighted by Gasteiger charge is 2.18. The van der Waals surface area contributed by atoms with E-state index in [9.17, 15) is 9.18 Å². The summed E-state index contributed by atoms with van der Waals surface area (Å²) >= 11 is 0. The number of pyridine rings is 2. The Labute approximate surface area is 169 Å². The van der Waals surface area contributed by atoms with E-state index in [0.717, 1.165) is 55.3 Å². The summed E-state index contributed by atoms with van der Waals surface area (Å²) in [5, 5.41) is 4.61. The number of nitrogens with zero attached hydrogens (tertiary/aromatic N) is 2. The minimum Gasteiger partial charge on any atom is -0.487 e. The van der Waals surface area contributed by atoms with Crippen LogP contribution < -0.4 is 15.6 Å². The van der Waals surface area contributed by atoms with Crippen LogP contribution in [0.1, 0.15) is 32.6 Å². The fourth-order valence-electron chi connectivity index (χ4n) is 3.82. The van der Waals surface area contributed by atoms with Crippen LogP contribution in [-0.4, -0.2) is 28.7 Å². The second-order valence-corrected chi connectivity index (χ2v) is 7.53. The lowest BCUT2D eigenvalue weighted by Crippen LogP contribution is -2.34. The number of hydrogen-bond acceptors (Lipinski definition) is 4. The van der Waals surface area contributed by atoms with Crippen LogP contribution in [0.25, 0.3) is 21.9 Å². The number of unbranched alkanes of at least 4 members (excludes halogenated alkanes) is 1. The van der Waals surface area contributed by atoms with Crippen molar-refractivity contribution in [2.75, 3.05) is 13.1 Å². The van der Waals surface area contributed by atoms with E-state index in [4.69, 9.17) is 4.74 Å². The maximum Gasteiger partial charge on any atom is 0.260 e. The second-order valence-electron chi connectivity index (χ2n) is 7.53. The van der Waals surface area contributed by atoms with Crippen molar-refractivity contribution in [3.8, 4) is 16.9 Å². The molecule has 1 aliphatic heterocycles. The van der Waals surface area contributed by atoms with Crippen LogP contribution >= 0.6 is 0 Å². The van der Waals surface area contributed by atoms with E-state index in [0.29, 0.717) is 11.9 Å². The van der Waals surface area contributed by atoms with Crippen molar-refractivity contribution < 1.29 is 9.13 Å². The van der Waals surface area contributed by atoms with E-state index in [2.05, 4.69) is 17.2 Å². The van der Waals surface area contributed by atoms with Gasteiger partial charge in [-0.25, -0.2) is 4.39 Å². The zero-order valence-corrected chi connectivity index (χ0v) is 16.7. The number of rotatable bonds is 6. The van der Waals surface area contributed by atoms with Crippen LogP contribution in [0.2, 0.25) is 0 Å². The van der Waals surface area contributed by atoms with Crippen molar-refractivity contribution >= 4 is 10.8 Å². The van der Waals surface area contributed by atoms with Crippen molar-refractivity contribution in [2.24, 2.45) is 0 Å². The van der Waals surface area contributed by atoms with Gasteiger partial charge in [-0.05, 0) is 61.5 Å². The summed E-state index contributed by atoms with van der Waals surface area (Å²) in [6, 6.07) is 6.87. The van der Waals surface area contributed by atoms with E-state index >= 15 is 0 Å². The fourth-order valence-corrected chi connectivity index (χ4v) is 3.82. The maximum absolute atomic E-state index is 14.9. The van der Waals surface area contributed by atoms with E-state index in [1.807, 2.05) is 18.3 Å². The first-order valence-electron chi connectivity index (χ1n) is 10.3.